The summed E-state index contributed by atoms with van der Waals surface area (Å²) in [6.45, 7) is 0. The van der Waals surface area contributed by atoms with Crippen molar-refractivity contribution < 1.29 is 9.72 Å². The van der Waals surface area contributed by atoms with E-state index in [0.29, 0.717) is 17.1 Å². The number of nitro groups is 1. The minimum atomic E-state index is -0.515. The van der Waals surface area contributed by atoms with Crippen LogP contribution in [0.25, 0.3) is 0 Å². The first-order chi connectivity index (χ1) is 9.61. The van der Waals surface area contributed by atoms with Crippen molar-refractivity contribution in [2.45, 2.75) is 0 Å². The number of rotatable bonds is 4. The third-order valence-electron chi connectivity index (χ3n) is 2.60. The lowest BCUT2D eigenvalue weighted by Gasteiger charge is -2.08. The number of nitro benzene ring substituents is 1. The van der Waals surface area contributed by atoms with Gasteiger partial charge in [-0.15, -0.1) is 0 Å². The molecule has 0 radical (unpaired) electrons. The van der Waals surface area contributed by atoms with Crippen molar-refractivity contribution >= 4 is 23.1 Å². The van der Waals surface area contributed by atoms with Crippen LogP contribution in [-0.2, 0) is 0 Å². The average Bonchev–Trinajstić information content (AvgIpc) is 2.47. The molecule has 0 saturated carbocycles. The van der Waals surface area contributed by atoms with Gasteiger partial charge in [-0.3, -0.25) is 14.9 Å². The summed E-state index contributed by atoms with van der Waals surface area (Å²) >= 11 is 0. The SMILES string of the molecule is CNc1ncccc1C(=O)Nc1cccc([N+](=O)[O-])c1. The number of carbonyl (C=O) groups excluding carboxylic acids is 1. The fraction of sp³-hybridized carbons (Fsp3) is 0.0769. The Labute approximate surface area is 114 Å². The van der Waals surface area contributed by atoms with E-state index in [9.17, 15) is 14.9 Å². The predicted octanol–water partition coefficient (Wildman–Crippen LogP) is 2.28. The normalized spacial score (nSPS) is 9.85. The quantitative estimate of drug-likeness (QED) is 0.657. The first-order valence-electron chi connectivity index (χ1n) is 5.80. The van der Waals surface area contributed by atoms with Gasteiger partial charge in [0, 0.05) is 31.1 Å². The smallest absolute Gasteiger partial charge is 0.271 e. The molecule has 102 valence electrons. The number of anilines is 2. The first kappa shape index (κ1) is 13.5. The molecule has 2 N–H and O–H groups in total. The molecule has 1 amide bonds. The van der Waals surface area contributed by atoms with Gasteiger partial charge in [0.15, 0.2) is 0 Å². The average molecular weight is 272 g/mol. The third kappa shape index (κ3) is 2.89. The summed E-state index contributed by atoms with van der Waals surface area (Å²) in [5.74, 6) is 0.0541. The highest BCUT2D eigenvalue weighted by Crippen LogP contribution is 2.19. The van der Waals surface area contributed by atoms with E-state index < -0.39 is 4.92 Å². The van der Waals surface area contributed by atoms with E-state index in [1.807, 2.05) is 0 Å². The Morgan fingerprint density at radius 1 is 1.30 bits per heavy atom. The molecule has 0 unspecified atom stereocenters. The molecule has 0 bridgehead atoms. The van der Waals surface area contributed by atoms with Gasteiger partial charge in [0.05, 0.1) is 10.5 Å². The molecule has 0 aliphatic rings. The summed E-state index contributed by atoms with van der Waals surface area (Å²) in [6, 6.07) is 9.01. The second-order valence-corrected chi connectivity index (χ2v) is 3.91. The number of benzene rings is 1. The van der Waals surface area contributed by atoms with Crippen LogP contribution >= 0.6 is 0 Å². The zero-order valence-electron chi connectivity index (χ0n) is 10.7. The standard InChI is InChI=1S/C13H12N4O3/c1-14-12-11(6-3-7-15-12)13(18)16-9-4-2-5-10(8-9)17(19)20/h2-8H,1H3,(H,14,15)(H,16,18). The summed E-state index contributed by atoms with van der Waals surface area (Å²) < 4.78 is 0. The fourth-order valence-corrected chi connectivity index (χ4v) is 1.68. The molecular weight excluding hydrogens is 260 g/mol. The van der Waals surface area contributed by atoms with Crippen molar-refractivity contribution in [3.05, 3.63) is 58.3 Å². The summed E-state index contributed by atoms with van der Waals surface area (Å²) in [5.41, 5.74) is 0.638. The van der Waals surface area contributed by atoms with Crippen molar-refractivity contribution in [2.75, 3.05) is 17.7 Å². The number of carbonyl (C=O) groups is 1. The van der Waals surface area contributed by atoms with Crippen molar-refractivity contribution in [3.8, 4) is 0 Å². The Kier molecular flexibility index (Phi) is 3.90. The van der Waals surface area contributed by atoms with Crippen LogP contribution in [0.5, 0.6) is 0 Å². The summed E-state index contributed by atoms with van der Waals surface area (Å²) in [7, 11) is 1.66. The van der Waals surface area contributed by atoms with Crippen LogP contribution in [-0.4, -0.2) is 22.9 Å². The molecule has 1 heterocycles. The summed E-state index contributed by atoms with van der Waals surface area (Å²) in [5, 5.41) is 16.1. The van der Waals surface area contributed by atoms with Gasteiger partial charge in [-0.25, -0.2) is 4.98 Å². The molecule has 0 spiro atoms. The lowest BCUT2D eigenvalue weighted by Crippen LogP contribution is -2.14. The number of nitrogens with zero attached hydrogens (tertiary/aromatic N) is 2. The highest BCUT2D eigenvalue weighted by Gasteiger charge is 2.13. The maximum atomic E-state index is 12.1. The van der Waals surface area contributed by atoms with E-state index in [4.69, 9.17) is 0 Å². The van der Waals surface area contributed by atoms with Crippen LogP contribution in [0.3, 0.4) is 0 Å². The lowest BCUT2D eigenvalue weighted by atomic mass is 10.2. The minimum absolute atomic E-state index is 0.0807. The van der Waals surface area contributed by atoms with Gasteiger partial charge in [0.25, 0.3) is 11.6 Å². The number of hydrogen-bond donors (Lipinski definition) is 2. The molecule has 2 rings (SSSR count). The molecule has 0 atom stereocenters. The van der Waals surface area contributed by atoms with Crippen LogP contribution < -0.4 is 10.6 Å². The van der Waals surface area contributed by atoms with Crippen LogP contribution in [0.15, 0.2) is 42.6 Å². The van der Waals surface area contributed by atoms with Crippen LogP contribution in [0.4, 0.5) is 17.2 Å². The Balaban J connectivity index is 2.23. The number of nitrogens with one attached hydrogen (secondary N) is 2. The van der Waals surface area contributed by atoms with Gasteiger partial charge in [0.2, 0.25) is 0 Å². The topological polar surface area (TPSA) is 97.2 Å². The van der Waals surface area contributed by atoms with E-state index >= 15 is 0 Å². The maximum absolute atomic E-state index is 12.1. The molecule has 1 aromatic heterocycles. The summed E-state index contributed by atoms with van der Waals surface area (Å²) in [4.78, 5) is 26.3. The second kappa shape index (κ2) is 5.79. The van der Waals surface area contributed by atoms with Crippen molar-refractivity contribution in [1.29, 1.82) is 0 Å². The second-order valence-electron chi connectivity index (χ2n) is 3.91. The number of aromatic nitrogens is 1. The number of hydrogen-bond acceptors (Lipinski definition) is 5. The van der Waals surface area contributed by atoms with E-state index in [0.717, 1.165) is 0 Å². The van der Waals surface area contributed by atoms with Crippen molar-refractivity contribution in [3.63, 3.8) is 0 Å². The van der Waals surface area contributed by atoms with Gasteiger partial charge in [-0.05, 0) is 18.2 Å². The lowest BCUT2D eigenvalue weighted by molar-refractivity contribution is -0.384. The van der Waals surface area contributed by atoms with Gasteiger partial charge in [-0.2, -0.15) is 0 Å². The fourth-order valence-electron chi connectivity index (χ4n) is 1.68. The minimum Gasteiger partial charge on any atom is -0.372 e. The summed E-state index contributed by atoms with van der Waals surface area (Å²) in [6.07, 6.45) is 1.57. The van der Waals surface area contributed by atoms with Crippen LogP contribution in [0.2, 0.25) is 0 Å². The Hall–Kier alpha value is -2.96. The molecule has 0 aliphatic heterocycles. The van der Waals surface area contributed by atoms with E-state index in [1.54, 1.807) is 31.4 Å². The monoisotopic (exact) mass is 272 g/mol. The molecular formula is C13H12N4O3. The molecule has 2 aromatic rings. The largest absolute Gasteiger partial charge is 0.372 e. The molecule has 7 nitrogen and oxygen atoms in total. The highest BCUT2D eigenvalue weighted by molar-refractivity contribution is 6.07. The van der Waals surface area contributed by atoms with Crippen molar-refractivity contribution in [2.24, 2.45) is 0 Å². The molecule has 7 heteroatoms. The Morgan fingerprint density at radius 3 is 2.80 bits per heavy atom. The van der Waals surface area contributed by atoms with Gasteiger partial charge in [-0.1, -0.05) is 6.07 Å². The third-order valence-corrected chi connectivity index (χ3v) is 2.60. The molecule has 0 aliphatic carbocycles. The van der Waals surface area contributed by atoms with Crippen LogP contribution in [0.1, 0.15) is 10.4 Å². The maximum Gasteiger partial charge on any atom is 0.271 e. The van der Waals surface area contributed by atoms with Gasteiger partial charge >= 0.3 is 0 Å². The molecule has 1 aromatic carbocycles. The first-order valence-corrected chi connectivity index (χ1v) is 5.80. The number of amides is 1. The van der Waals surface area contributed by atoms with Gasteiger partial charge in [0.1, 0.15) is 5.82 Å². The van der Waals surface area contributed by atoms with E-state index in [-0.39, 0.29) is 11.6 Å². The van der Waals surface area contributed by atoms with E-state index in [2.05, 4.69) is 15.6 Å². The van der Waals surface area contributed by atoms with Crippen LogP contribution in [0, 0.1) is 10.1 Å². The molecule has 0 fully saturated rings. The van der Waals surface area contributed by atoms with Gasteiger partial charge < -0.3 is 10.6 Å². The molecule has 0 saturated heterocycles. The zero-order chi connectivity index (χ0) is 14.5. The van der Waals surface area contributed by atoms with E-state index in [1.165, 1.54) is 18.2 Å². The number of pyridine rings is 1. The predicted molar refractivity (Wildman–Crippen MR) is 74.8 cm³/mol. The highest BCUT2D eigenvalue weighted by atomic mass is 16.6. The Morgan fingerprint density at radius 2 is 2.10 bits per heavy atom. The molecule has 20 heavy (non-hydrogen) atoms. The number of non-ortho nitro benzene ring substituents is 1. The Bertz CT molecular complexity index is 658. The zero-order valence-corrected chi connectivity index (χ0v) is 10.7. The van der Waals surface area contributed by atoms with Crippen molar-refractivity contribution in [1.82, 2.24) is 4.98 Å².